The average molecular weight is 246 g/mol. The van der Waals surface area contributed by atoms with Crippen molar-refractivity contribution in [2.45, 2.75) is 6.54 Å². The first-order valence-electron chi connectivity index (χ1n) is 4.78. The minimum Gasteiger partial charge on any atom is -0.296 e. The van der Waals surface area contributed by atoms with Crippen molar-refractivity contribution in [2.75, 3.05) is 24.6 Å². The Bertz CT molecular complexity index is 347. The molecular weight excluding hydrogens is 234 g/mol. The number of hydrogen-bond acceptors (Lipinski definition) is 4. The second-order valence-electron chi connectivity index (χ2n) is 3.45. The van der Waals surface area contributed by atoms with Crippen molar-refractivity contribution in [3.05, 3.63) is 23.2 Å². The van der Waals surface area contributed by atoms with Crippen LogP contribution in [0.4, 0.5) is 0 Å². The van der Waals surface area contributed by atoms with Crippen LogP contribution in [0.3, 0.4) is 0 Å². The lowest BCUT2D eigenvalue weighted by molar-refractivity contribution is 0.287. The zero-order valence-electron chi connectivity index (χ0n) is 8.23. The van der Waals surface area contributed by atoms with Gasteiger partial charge in [-0.25, -0.2) is 4.98 Å². The SMILES string of the molecule is O=S1CCN(Cc2cnc(Cl)cn2)CC1. The summed E-state index contributed by atoms with van der Waals surface area (Å²) in [6.07, 6.45) is 3.24. The standard InChI is InChI=1S/C9H12ClN3OS/c10-9-6-11-8(5-12-9)7-13-1-3-15(14)4-2-13/h5-6H,1-4,7H2. The van der Waals surface area contributed by atoms with Crippen LogP contribution < -0.4 is 0 Å². The van der Waals surface area contributed by atoms with Crippen LogP contribution in [0.25, 0.3) is 0 Å². The maximum atomic E-state index is 11.1. The molecule has 2 heterocycles. The van der Waals surface area contributed by atoms with Gasteiger partial charge in [-0.3, -0.25) is 14.1 Å². The lowest BCUT2D eigenvalue weighted by Crippen LogP contribution is -2.37. The van der Waals surface area contributed by atoms with Crippen LogP contribution in [0, 0.1) is 0 Å². The summed E-state index contributed by atoms with van der Waals surface area (Å²) >= 11 is 5.65. The molecule has 0 aliphatic carbocycles. The van der Waals surface area contributed by atoms with Gasteiger partial charge in [0.05, 0.1) is 18.1 Å². The van der Waals surface area contributed by atoms with Crippen molar-refractivity contribution in [3.8, 4) is 0 Å². The first-order chi connectivity index (χ1) is 7.24. The van der Waals surface area contributed by atoms with Crippen LogP contribution in [0.5, 0.6) is 0 Å². The van der Waals surface area contributed by atoms with Gasteiger partial charge in [0.2, 0.25) is 0 Å². The molecule has 4 nitrogen and oxygen atoms in total. The summed E-state index contributed by atoms with van der Waals surface area (Å²) in [6, 6.07) is 0. The fourth-order valence-electron chi connectivity index (χ4n) is 1.48. The molecule has 0 bridgehead atoms. The average Bonchev–Trinajstić information content (AvgIpc) is 2.25. The Balaban J connectivity index is 1.91. The van der Waals surface area contributed by atoms with Gasteiger partial charge >= 0.3 is 0 Å². The van der Waals surface area contributed by atoms with Crippen LogP contribution in [-0.2, 0) is 17.3 Å². The number of hydrogen-bond donors (Lipinski definition) is 0. The van der Waals surface area contributed by atoms with E-state index in [1.807, 2.05) is 0 Å². The Morgan fingerprint density at radius 1 is 1.33 bits per heavy atom. The predicted molar refractivity (Wildman–Crippen MR) is 60.2 cm³/mol. The van der Waals surface area contributed by atoms with E-state index in [1.54, 1.807) is 12.4 Å². The van der Waals surface area contributed by atoms with E-state index in [2.05, 4.69) is 14.9 Å². The van der Waals surface area contributed by atoms with Gasteiger partial charge in [-0.2, -0.15) is 0 Å². The number of nitrogens with zero attached hydrogens (tertiary/aromatic N) is 3. The van der Waals surface area contributed by atoms with Crippen molar-refractivity contribution in [1.29, 1.82) is 0 Å². The van der Waals surface area contributed by atoms with Crippen molar-refractivity contribution >= 4 is 22.4 Å². The zero-order chi connectivity index (χ0) is 10.7. The van der Waals surface area contributed by atoms with E-state index in [4.69, 9.17) is 11.6 Å². The molecule has 2 rings (SSSR count). The molecule has 1 aliphatic heterocycles. The molecule has 1 aromatic rings. The van der Waals surface area contributed by atoms with Crippen molar-refractivity contribution in [3.63, 3.8) is 0 Å². The number of aromatic nitrogens is 2. The van der Waals surface area contributed by atoms with Gasteiger partial charge in [0.15, 0.2) is 0 Å². The van der Waals surface area contributed by atoms with Crippen LogP contribution in [0.1, 0.15) is 5.69 Å². The third-order valence-corrected chi connectivity index (χ3v) is 3.80. The van der Waals surface area contributed by atoms with E-state index in [0.717, 1.165) is 36.8 Å². The van der Waals surface area contributed by atoms with Crippen LogP contribution in [0.2, 0.25) is 5.15 Å². The lowest BCUT2D eigenvalue weighted by atomic mass is 10.4. The van der Waals surface area contributed by atoms with Gasteiger partial charge in [-0.05, 0) is 0 Å². The van der Waals surface area contributed by atoms with E-state index < -0.39 is 10.8 Å². The predicted octanol–water partition coefficient (Wildman–Crippen LogP) is 0.694. The summed E-state index contributed by atoms with van der Waals surface area (Å²) < 4.78 is 11.1. The van der Waals surface area contributed by atoms with Crippen molar-refractivity contribution in [2.24, 2.45) is 0 Å². The Hall–Kier alpha value is -0.520. The molecule has 0 radical (unpaired) electrons. The van der Waals surface area contributed by atoms with Crippen LogP contribution >= 0.6 is 11.6 Å². The van der Waals surface area contributed by atoms with Crippen molar-refractivity contribution in [1.82, 2.24) is 14.9 Å². The summed E-state index contributed by atoms with van der Waals surface area (Å²) in [4.78, 5) is 10.4. The molecule has 0 saturated carbocycles. The maximum Gasteiger partial charge on any atom is 0.147 e. The van der Waals surface area contributed by atoms with Crippen molar-refractivity contribution < 1.29 is 4.21 Å². The molecule has 82 valence electrons. The molecule has 1 aliphatic rings. The third kappa shape index (κ3) is 3.22. The fourth-order valence-corrected chi connectivity index (χ4v) is 2.71. The minimum atomic E-state index is -0.621. The summed E-state index contributed by atoms with van der Waals surface area (Å²) in [5.74, 6) is 1.53. The highest BCUT2D eigenvalue weighted by molar-refractivity contribution is 7.85. The Morgan fingerprint density at radius 2 is 2.07 bits per heavy atom. The van der Waals surface area contributed by atoms with E-state index in [9.17, 15) is 4.21 Å². The molecule has 0 N–H and O–H groups in total. The summed E-state index contributed by atoms with van der Waals surface area (Å²) in [5.41, 5.74) is 0.909. The molecule has 0 spiro atoms. The highest BCUT2D eigenvalue weighted by atomic mass is 35.5. The van der Waals surface area contributed by atoms with Gasteiger partial charge in [0.1, 0.15) is 5.15 Å². The fraction of sp³-hybridized carbons (Fsp3) is 0.556. The molecule has 0 amide bonds. The van der Waals surface area contributed by atoms with E-state index in [-0.39, 0.29) is 0 Å². The largest absolute Gasteiger partial charge is 0.296 e. The number of halogens is 1. The van der Waals surface area contributed by atoms with E-state index in [0.29, 0.717) is 5.15 Å². The normalized spacial score (nSPS) is 19.3. The highest BCUT2D eigenvalue weighted by Crippen LogP contribution is 2.07. The molecule has 6 heteroatoms. The smallest absolute Gasteiger partial charge is 0.147 e. The number of rotatable bonds is 2. The minimum absolute atomic E-state index is 0.415. The van der Waals surface area contributed by atoms with Gasteiger partial charge in [0.25, 0.3) is 0 Å². The molecule has 0 atom stereocenters. The molecule has 0 aromatic carbocycles. The summed E-state index contributed by atoms with van der Waals surface area (Å²) in [7, 11) is -0.621. The summed E-state index contributed by atoms with van der Waals surface area (Å²) in [5, 5.41) is 0.415. The quantitative estimate of drug-likeness (QED) is 0.770. The first-order valence-corrected chi connectivity index (χ1v) is 6.64. The molecule has 0 unspecified atom stereocenters. The molecule has 1 aromatic heterocycles. The Labute approximate surface area is 96.1 Å². The first kappa shape index (κ1) is 11.0. The Kier molecular flexibility index (Phi) is 3.66. The van der Waals surface area contributed by atoms with E-state index >= 15 is 0 Å². The molecular formula is C9H12ClN3OS. The topological polar surface area (TPSA) is 46.1 Å². The van der Waals surface area contributed by atoms with Gasteiger partial charge < -0.3 is 0 Å². The Morgan fingerprint density at radius 3 is 2.67 bits per heavy atom. The van der Waals surface area contributed by atoms with Gasteiger partial charge in [-0.1, -0.05) is 11.6 Å². The van der Waals surface area contributed by atoms with Crippen LogP contribution in [-0.4, -0.2) is 43.7 Å². The third-order valence-electron chi connectivity index (χ3n) is 2.33. The maximum absolute atomic E-state index is 11.1. The molecule has 1 fully saturated rings. The summed E-state index contributed by atoms with van der Waals surface area (Å²) in [6.45, 7) is 2.51. The van der Waals surface area contributed by atoms with Gasteiger partial charge in [-0.15, -0.1) is 0 Å². The van der Waals surface area contributed by atoms with E-state index in [1.165, 1.54) is 0 Å². The monoisotopic (exact) mass is 245 g/mol. The lowest BCUT2D eigenvalue weighted by Gasteiger charge is -2.25. The second-order valence-corrected chi connectivity index (χ2v) is 5.54. The van der Waals surface area contributed by atoms with Crippen LogP contribution in [0.15, 0.2) is 12.4 Å². The second kappa shape index (κ2) is 5.01. The van der Waals surface area contributed by atoms with Gasteiger partial charge in [0, 0.05) is 41.9 Å². The zero-order valence-corrected chi connectivity index (χ0v) is 9.80. The highest BCUT2D eigenvalue weighted by Gasteiger charge is 2.15. The molecule has 1 saturated heterocycles. The molecule has 15 heavy (non-hydrogen) atoms.